The van der Waals surface area contributed by atoms with E-state index < -0.39 is 5.97 Å². The molecule has 0 bridgehead atoms. The van der Waals surface area contributed by atoms with Gasteiger partial charge in [-0.15, -0.1) is 0 Å². The van der Waals surface area contributed by atoms with Crippen molar-refractivity contribution in [2.24, 2.45) is 5.92 Å². The smallest absolute Gasteiger partial charge is 0.331 e. The molecule has 1 aromatic rings. The Morgan fingerprint density at radius 2 is 1.79 bits per heavy atom. The van der Waals surface area contributed by atoms with Gasteiger partial charge in [-0.05, 0) is 36.5 Å². The quantitative estimate of drug-likeness (QED) is 0.813. The van der Waals surface area contributed by atoms with E-state index in [1.807, 2.05) is 26.0 Å². The SMILES string of the molecule is CC(C)/C=C(\Cc1ccc(C(=O)N2CCC(O)CC2)cc1)C(=O)O. The number of carboxylic acids is 1. The van der Waals surface area contributed by atoms with Crippen molar-refractivity contribution in [3.05, 3.63) is 47.0 Å². The number of hydrogen-bond acceptors (Lipinski definition) is 3. The van der Waals surface area contributed by atoms with Crippen LogP contribution in [0.1, 0.15) is 42.6 Å². The second-order valence-electron chi connectivity index (χ2n) is 6.64. The lowest BCUT2D eigenvalue weighted by atomic mass is 10.00. The van der Waals surface area contributed by atoms with Crippen LogP contribution in [0.5, 0.6) is 0 Å². The van der Waals surface area contributed by atoms with Crippen molar-refractivity contribution < 1.29 is 19.8 Å². The predicted octanol–water partition coefficient (Wildman–Crippen LogP) is 2.49. The normalized spacial score (nSPS) is 16.5. The molecule has 1 heterocycles. The fourth-order valence-corrected chi connectivity index (χ4v) is 2.84. The highest BCUT2D eigenvalue weighted by atomic mass is 16.4. The van der Waals surface area contributed by atoms with E-state index in [0.717, 1.165) is 5.56 Å². The molecule has 0 aliphatic carbocycles. The van der Waals surface area contributed by atoms with Gasteiger partial charge in [0.1, 0.15) is 0 Å². The Bertz CT molecular complexity index is 611. The number of allylic oxidation sites excluding steroid dienone is 1. The summed E-state index contributed by atoms with van der Waals surface area (Å²) in [4.78, 5) is 25.5. The van der Waals surface area contributed by atoms with E-state index in [9.17, 15) is 19.8 Å². The average Bonchev–Trinajstić information content (AvgIpc) is 2.54. The van der Waals surface area contributed by atoms with E-state index in [2.05, 4.69) is 0 Å². The summed E-state index contributed by atoms with van der Waals surface area (Å²) in [5, 5.41) is 18.8. The Labute approximate surface area is 142 Å². The highest BCUT2D eigenvalue weighted by Gasteiger charge is 2.22. The molecule has 24 heavy (non-hydrogen) atoms. The molecule has 1 aromatic carbocycles. The van der Waals surface area contributed by atoms with Crippen LogP contribution >= 0.6 is 0 Å². The molecule has 2 rings (SSSR count). The van der Waals surface area contributed by atoms with Gasteiger partial charge in [0.15, 0.2) is 0 Å². The molecule has 1 saturated heterocycles. The van der Waals surface area contributed by atoms with E-state index in [1.165, 1.54) is 0 Å². The van der Waals surface area contributed by atoms with Crippen molar-refractivity contribution in [3.8, 4) is 0 Å². The Hall–Kier alpha value is -2.14. The van der Waals surface area contributed by atoms with Crippen LogP contribution in [0.25, 0.3) is 0 Å². The first-order valence-electron chi connectivity index (χ1n) is 8.37. The van der Waals surface area contributed by atoms with Crippen LogP contribution in [0, 0.1) is 5.92 Å². The van der Waals surface area contributed by atoms with Gasteiger partial charge in [-0.2, -0.15) is 0 Å². The zero-order valence-electron chi connectivity index (χ0n) is 14.2. The van der Waals surface area contributed by atoms with Gasteiger partial charge in [0, 0.05) is 30.6 Å². The van der Waals surface area contributed by atoms with Gasteiger partial charge in [-0.3, -0.25) is 4.79 Å². The lowest BCUT2D eigenvalue weighted by Gasteiger charge is -2.29. The standard InChI is InChI=1S/C19H25NO4/c1-13(2)11-16(19(23)24)12-14-3-5-15(6-4-14)18(22)20-9-7-17(21)8-10-20/h3-6,11,13,17,21H,7-10,12H2,1-2H3,(H,23,24)/b16-11+. The van der Waals surface area contributed by atoms with Crippen molar-refractivity contribution in [2.75, 3.05) is 13.1 Å². The summed E-state index contributed by atoms with van der Waals surface area (Å²) >= 11 is 0. The van der Waals surface area contributed by atoms with Crippen molar-refractivity contribution in [2.45, 2.75) is 39.2 Å². The van der Waals surface area contributed by atoms with Gasteiger partial charge in [-0.1, -0.05) is 32.1 Å². The van der Waals surface area contributed by atoms with Crippen LogP contribution in [-0.2, 0) is 11.2 Å². The summed E-state index contributed by atoms with van der Waals surface area (Å²) in [5.74, 6) is -0.772. The maximum Gasteiger partial charge on any atom is 0.331 e. The number of aliphatic hydroxyl groups is 1. The molecule has 1 fully saturated rings. The first kappa shape index (κ1) is 18.2. The number of rotatable bonds is 5. The average molecular weight is 331 g/mol. The fourth-order valence-electron chi connectivity index (χ4n) is 2.84. The number of carboxylic acid groups (broad SMARTS) is 1. The minimum atomic E-state index is -0.907. The first-order valence-corrected chi connectivity index (χ1v) is 8.37. The Kier molecular flexibility index (Phi) is 6.15. The molecule has 130 valence electrons. The third-order valence-electron chi connectivity index (χ3n) is 4.16. The second-order valence-corrected chi connectivity index (χ2v) is 6.64. The number of likely N-dealkylation sites (tertiary alicyclic amines) is 1. The maximum absolute atomic E-state index is 12.4. The highest BCUT2D eigenvalue weighted by molar-refractivity contribution is 5.94. The lowest BCUT2D eigenvalue weighted by molar-refractivity contribution is -0.132. The number of nitrogens with zero attached hydrogens (tertiary/aromatic N) is 1. The van der Waals surface area contributed by atoms with Gasteiger partial charge < -0.3 is 15.1 Å². The molecule has 0 aromatic heterocycles. The van der Waals surface area contributed by atoms with Crippen molar-refractivity contribution in [1.29, 1.82) is 0 Å². The summed E-state index contributed by atoms with van der Waals surface area (Å²) in [7, 11) is 0. The van der Waals surface area contributed by atoms with Crippen LogP contribution in [0.2, 0.25) is 0 Å². The van der Waals surface area contributed by atoms with E-state index in [0.29, 0.717) is 43.5 Å². The van der Waals surface area contributed by atoms with Crippen LogP contribution < -0.4 is 0 Å². The fraction of sp³-hybridized carbons (Fsp3) is 0.474. The Morgan fingerprint density at radius 1 is 1.21 bits per heavy atom. The number of piperidine rings is 1. The molecule has 1 aliphatic rings. The van der Waals surface area contributed by atoms with Crippen LogP contribution in [0.15, 0.2) is 35.9 Å². The number of aliphatic hydroxyl groups excluding tert-OH is 1. The summed E-state index contributed by atoms with van der Waals surface area (Å²) in [6, 6.07) is 7.11. The molecule has 0 radical (unpaired) electrons. The third kappa shape index (κ3) is 4.93. The molecule has 5 heteroatoms. The molecular weight excluding hydrogens is 306 g/mol. The number of carbonyl (C=O) groups is 2. The van der Waals surface area contributed by atoms with Crippen LogP contribution in [0.4, 0.5) is 0 Å². The second kappa shape index (κ2) is 8.11. The van der Waals surface area contributed by atoms with E-state index in [-0.39, 0.29) is 17.9 Å². The van der Waals surface area contributed by atoms with Crippen LogP contribution in [0.3, 0.4) is 0 Å². The minimum absolute atomic E-state index is 0.0374. The number of carbonyl (C=O) groups excluding carboxylic acids is 1. The largest absolute Gasteiger partial charge is 0.478 e. The molecule has 1 amide bonds. The third-order valence-corrected chi connectivity index (χ3v) is 4.16. The molecule has 1 aliphatic heterocycles. The molecular formula is C19H25NO4. The predicted molar refractivity (Wildman–Crippen MR) is 91.8 cm³/mol. The van der Waals surface area contributed by atoms with E-state index in [4.69, 9.17) is 0 Å². The molecule has 0 spiro atoms. The lowest BCUT2D eigenvalue weighted by Crippen LogP contribution is -2.40. The maximum atomic E-state index is 12.4. The molecule has 5 nitrogen and oxygen atoms in total. The molecule has 0 unspecified atom stereocenters. The van der Waals surface area contributed by atoms with Crippen LogP contribution in [-0.4, -0.2) is 46.2 Å². The topological polar surface area (TPSA) is 77.8 Å². The monoisotopic (exact) mass is 331 g/mol. The van der Waals surface area contributed by atoms with Gasteiger partial charge in [0.25, 0.3) is 5.91 Å². The number of hydrogen-bond donors (Lipinski definition) is 2. The van der Waals surface area contributed by atoms with Gasteiger partial charge in [0.2, 0.25) is 0 Å². The summed E-state index contributed by atoms with van der Waals surface area (Å²) in [6.07, 6.45) is 3.02. The van der Waals surface area contributed by atoms with Crippen molar-refractivity contribution >= 4 is 11.9 Å². The summed E-state index contributed by atoms with van der Waals surface area (Å²) in [5.41, 5.74) is 1.84. The van der Waals surface area contributed by atoms with Gasteiger partial charge >= 0.3 is 5.97 Å². The minimum Gasteiger partial charge on any atom is -0.478 e. The highest BCUT2D eigenvalue weighted by Crippen LogP contribution is 2.16. The van der Waals surface area contributed by atoms with Crippen molar-refractivity contribution in [1.82, 2.24) is 4.90 Å². The zero-order valence-corrected chi connectivity index (χ0v) is 14.2. The number of benzene rings is 1. The molecule has 0 saturated carbocycles. The number of aliphatic carboxylic acids is 1. The molecule has 0 atom stereocenters. The van der Waals surface area contributed by atoms with E-state index in [1.54, 1.807) is 23.1 Å². The van der Waals surface area contributed by atoms with Gasteiger partial charge in [0.05, 0.1) is 6.10 Å². The van der Waals surface area contributed by atoms with Crippen molar-refractivity contribution in [3.63, 3.8) is 0 Å². The zero-order chi connectivity index (χ0) is 17.7. The Morgan fingerprint density at radius 3 is 2.29 bits per heavy atom. The molecule has 2 N–H and O–H groups in total. The van der Waals surface area contributed by atoms with Gasteiger partial charge in [-0.25, -0.2) is 4.79 Å². The summed E-state index contributed by atoms with van der Waals surface area (Å²) in [6.45, 7) is 5.03. The Balaban J connectivity index is 2.04. The summed E-state index contributed by atoms with van der Waals surface area (Å²) < 4.78 is 0. The van der Waals surface area contributed by atoms with E-state index >= 15 is 0 Å². The first-order chi connectivity index (χ1) is 11.4. The number of amides is 1.